The van der Waals surface area contributed by atoms with Gasteiger partial charge in [-0.05, 0) is 49.2 Å². The summed E-state index contributed by atoms with van der Waals surface area (Å²) in [5.74, 6) is 0.487. The van der Waals surface area contributed by atoms with Gasteiger partial charge in [0.05, 0.1) is 24.9 Å². The molecular formula is C26H30N6O3. The molecule has 0 amide bonds. The lowest BCUT2D eigenvalue weighted by molar-refractivity contribution is -0.106. The molecule has 1 fully saturated rings. The summed E-state index contributed by atoms with van der Waals surface area (Å²) < 4.78 is 11.2. The number of anilines is 1. The first-order valence-corrected chi connectivity index (χ1v) is 11.4. The number of hydrogen-bond donors (Lipinski definition) is 2. The molecule has 9 nitrogen and oxygen atoms in total. The van der Waals surface area contributed by atoms with Gasteiger partial charge in [0.2, 0.25) is 5.95 Å². The number of aryl methyl sites for hydroxylation is 3. The number of ether oxygens (including phenoxy) is 2. The fraction of sp³-hybridized carbons (Fsp3) is 0.308. The Morgan fingerprint density at radius 3 is 2.46 bits per heavy atom. The molecule has 4 heterocycles. The summed E-state index contributed by atoms with van der Waals surface area (Å²) in [5, 5.41) is 3.72. The van der Waals surface area contributed by atoms with Crippen LogP contribution in [0.5, 0.6) is 0 Å². The van der Waals surface area contributed by atoms with E-state index in [0.29, 0.717) is 37.2 Å². The van der Waals surface area contributed by atoms with Crippen molar-refractivity contribution in [3.63, 3.8) is 0 Å². The van der Waals surface area contributed by atoms with Crippen molar-refractivity contribution in [2.45, 2.75) is 19.9 Å². The highest BCUT2D eigenvalue weighted by molar-refractivity contribution is 5.83. The third-order valence-corrected chi connectivity index (χ3v) is 5.70. The molecule has 0 aliphatic carbocycles. The predicted molar refractivity (Wildman–Crippen MR) is 137 cm³/mol. The lowest BCUT2D eigenvalue weighted by Gasteiger charge is -2.17. The predicted octanol–water partition coefficient (Wildman–Crippen LogP) is 3.03. The van der Waals surface area contributed by atoms with Gasteiger partial charge in [0.15, 0.2) is 0 Å². The number of nitrogens with zero attached hydrogens (tertiary/aromatic N) is 4. The lowest BCUT2D eigenvalue weighted by atomic mass is 9.97. The van der Waals surface area contributed by atoms with Crippen LogP contribution in [0.3, 0.4) is 0 Å². The molecule has 0 atom stereocenters. The van der Waals surface area contributed by atoms with Crippen LogP contribution in [0.25, 0.3) is 33.4 Å². The minimum atomic E-state index is -0.0854. The number of benzene rings is 1. The van der Waals surface area contributed by atoms with E-state index < -0.39 is 0 Å². The van der Waals surface area contributed by atoms with Gasteiger partial charge in [-0.2, -0.15) is 4.98 Å². The summed E-state index contributed by atoms with van der Waals surface area (Å²) in [6.07, 6.45) is 1.73. The van der Waals surface area contributed by atoms with Gasteiger partial charge >= 0.3 is 0 Å². The number of hydrogen-bond acceptors (Lipinski definition) is 8. The number of aromatic nitrogens is 4. The lowest BCUT2D eigenvalue weighted by Crippen LogP contribution is -2.36. The van der Waals surface area contributed by atoms with E-state index in [9.17, 15) is 4.79 Å². The second-order valence-corrected chi connectivity index (χ2v) is 8.46. The molecule has 0 unspecified atom stereocenters. The number of rotatable bonds is 3. The number of fused-ring (bicyclic) bond motifs is 1. The average molecular weight is 475 g/mol. The molecule has 1 saturated heterocycles. The van der Waals surface area contributed by atoms with Crippen LogP contribution in [0, 0.1) is 13.8 Å². The first-order valence-electron chi connectivity index (χ1n) is 11.4. The first kappa shape index (κ1) is 24.5. The molecule has 0 saturated carbocycles. The van der Waals surface area contributed by atoms with Crippen molar-refractivity contribution in [3.8, 4) is 22.4 Å². The van der Waals surface area contributed by atoms with E-state index in [1.54, 1.807) is 24.9 Å². The largest absolute Gasteiger partial charge is 0.357 e. The summed E-state index contributed by atoms with van der Waals surface area (Å²) in [6, 6.07) is 14.0. The fourth-order valence-corrected chi connectivity index (χ4v) is 3.90. The van der Waals surface area contributed by atoms with Crippen LogP contribution in [0.1, 0.15) is 11.3 Å². The first-order chi connectivity index (χ1) is 16.9. The summed E-state index contributed by atoms with van der Waals surface area (Å²) in [5.41, 5.74) is 11.4. The highest BCUT2D eigenvalue weighted by Crippen LogP contribution is 2.27. The Balaban J connectivity index is 0.000000356. The fourth-order valence-electron chi connectivity index (χ4n) is 3.90. The molecular weight excluding hydrogens is 444 g/mol. The standard InChI is InChI=1S/C22H21N5O.C4H9NO2/c1-13-10-15(19-7-5-6-14(2)25-19)8-9-17(13)18-11-16-12-24-22(23-3)26-20(16)27(4)21(18)28;5-4-1-6-3-7-2-4/h5-12H,1-4H3,(H,23,24,26);4H,1-3,5H2. The SMILES string of the molecule is CNc1ncc2cc(-c3ccc(-c4cccc(C)n4)cc3C)c(=O)n(C)c2n1.NC1COCOC1. The Labute approximate surface area is 204 Å². The van der Waals surface area contributed by atoms with E-state index in [-0.39, 0.29) is 11.6 Å². The monoisotopic (exact) mass is 474 g/mol. The molecule has 1 aliphatic rings. The van der Waals surface area contributed by atoms with Gasteiger partial charge in [-0.3, -0.25) is 14.3 Å². The van der Waals surface area contributed by atoms with Crippen LogP contribution >= 0.6 is 0 Å². The van der Waals surface area contributed by atoms with Gasteiger partial charge in [0, 0.05) is 42.5 Å². The molecule has 3 aromatic heterocycles. The Bertz CT molecular complexity index is 1400. The summed E-state index contributed by atoms with van der Waals surface area (Å²) in [4.78, 5) is 26.3. The summed E-state index contributed by atoms with van der Waals surface area (Å²) in [7, 11) is 3.49. The van der Waals surface area contributed by atoms with Crippen molar-refractivity contribution in [1.82, 2.24) is 19.5 Å². The summed E-state index contributed by atoms with van der Waals surface area (Å²) >= 11 is 0. The Kier molecular flexibility index (Phi) is 7.50. The van der Waals surface area contributed by atoms with Crippen molar-refractivity contribution >= 4 is 17.0 Å². The maximum atomic E-state index is 13.0. The molecule has 0 spiro atoms. The second-order valence-electron chi connectivity index (χ2n) is 8.46. The van der Waals surface area contributed by atoms with Gasteiger partial charge in [-0.15, -0.1) is 0 Å². The van der Waals surface area contributed by atoms with Gasteiger partial charge in [0.25, 0.3) is 5.56 Å². The number of nitrogens with one attached hydrogen (secondary N) is 1. The smallest absolute Gasteiger partial charge is 0.259 e. The van der Waals surface area contributed by atoms with E-state index in [2.05, 4.69) is 26.3 Å². The Hall–Kier alpha value is -3.66. The number of nitrogens with two attached hydrogens (primary N) is 1. The molecule has 0 bridgehead atoms. The van der Waals surface area contributed by atoms with Crippen molar-refractivity contribution < 1.29 is 9.47 Å². The van der Waals surface area contributed by atoms with Crippen LogP contribution in [0.4, 0.5) is 5.95 Å². The van der Waals surface area contributed by atoms with Crippen molar-refractivity contribution in [2.75, 3.05) is 32.4 Å². The van der Waals surface area contributed by atoms with Gasteiger partial charge < -0.3 is 20.5 Å². The third kappa shape index (κ3) is 5.54. The van der Waals surface area contributed by atoms with Crippen LogP contribution < -0.4 is 16.6 Å². The second kappa shape index (κ2) is 10.7. The Morgan fingerprint density at radius 2 is 1.83 bits per heavy atom. The normalized spacial score (nSPS) is 13.9. The van der Waals surface area contributed by atoms with Crippen molar-refractivity contribution in [3.05, 3.63) is 70.3 Å². The highest BCUT2D eigenvalue weighted by atomic mass is 16.7. The maximum absolute atomic E-state index is 13.0. The van der Waals surface area contributed by atoms with Gasteiger partial charge in [-0.25, -0.2) is 4.98 Å². The summed E-state index contributed by atoms with van der Waals surface area (Å²) in [6.45, 7) is 5.68. The molecule has 3 N–H and O–H groups in total. The topological polar surface area (TPSA) is 117 Å². The molecule has 0 radical (unpaired) electrons. The number of pyridine rings is 2. The average Bonchev–Trinajstić information content (AvgIpc) is 2.87. The quantitative estimate of drug-likeness (QED) is 0.465. The zero-order chi connectivity index (χ0) is 24.9. The highest BCUT2D eigenvalue weighted by Gasteiger charge is 2.14. The van der Waals surface area contributed by atoms with E-state index in [1.165, 1.54) is 0 Å². The third-order valence-electron chi connectivity index (χ3n) is 5.70. The van der Waals surface area contributed by atoms with E-state index in [0.717, 1.165) is 33.5 Å². The van der Waals surface area contributed by atoms with Crippen molar-refractivity contribution in [2.24, 2.45) is 12.8 Å². The molecule has 1 aliphatic heterocycles. The van der Waals surface area contributed by atoms with Gasteiger partial charge in [0.1, 0.15) is 12.4 Å². The van der Waals surface area contributed by atoms with Crippen molar-refractivity contribution in [1.29, 1.82) is 0 Å². The minimum absolute atomic E-state index is 0.0854. The van der Waals surface area contributed by atoms with Crippen LogP contribution in [0.2, 0.25) is 0 Å². The Morgan fingerprint density at radius 1 is 1.06 bits per heavy atom. The maximum Gasteiger partial charge on any atom is 0.259 e. The van der Waals surface area contributed by atoms with E-state index in [1.807, 2.05) is 50.2 Å². The van der Waals surface area contributed by atoms with E-state index >= 15 is 0 Å². The van der Waals surface area contributed by atoms with Crippen LogP contribution in [-0.4, -0.2) is 52.6 Å². The zero-order valence-electron chi connectivity index (χ0n) is 20.4. The molecule has 182 valence electrons. The molecule has 9 heteroatoms. The molecule has 1 aromatic carbocycles. The van der Waals surface area contributed by atoms with Gasteiger partial charge in [-0.1, -0.05) is 18.2 Å². The molecule has 35 heavy (non-hydrogen) atoms. The minimum Gasteiger partial charge on any atom is -0.357 e. The van der Waals surface area contributed by atoms with E-state index in [4.69, 9.17) is 15.2 Å². The van der Waals surface area contributed by atoms with Crippen LogP contribution in [0.15, 0.2) is 53.5 Å². The van der Waals surface area contributed by atoms with Crippen LogP contribution in [-0.2, 0) is 16.5 Å². The molecule has 5 rings (SSSR count). The molecule has 4 aromatic rings. The zero-order valence-corrected chi connectivity index (χ0v) is 20.4.